The molecule has 90 valence electrons. The van der Waals surface area contributed by atoms with Crippen LogP contribution in [0.2, 0.25) is 5.02 Å². The van der Waals surface area contributed by atoms with E-state index in [0.29, 0.717) is 27.6 Å². The number of hydrogen-bond donors (Lipinski definition) is 1. The van der Waals surface area contributed by atoms with E-state index in [2.05, 4.69) is 20.1 Å². The Morgan fingerprint density at radius 1 is 1.44 bits per heavy atom. The number of nitrogens with one attached hydrogen (secondary N) is 1. The lowest BCUT2D eigenvalue weighted by Crippen LogP contribution is -2.18. The van der Waals surface area contributed by atoms with Crippen LogP contribution in [-0.4, -0.2) is 24.6 Å². The van der Waals surface area contributed by atoms with Gasteiger partial charge in [0.2, 0.25) is 0 Å². The predicted molar refractivity (Wildman–Crippen MR) is 65.9 cm³/mol. The number of rotatable bonds is 1. The molecule has 4 rings (SSSR count). The van der Waals surface area contributed by atoms with Crippen molar-refractivity contribution in [2.24, 2.45) is 0 Å². The lowest BCUT2D eigenvalue weighted by Gasteiger charge is -1.98. The Morgan fingerprint density at radius 3 is 3.06 bits per heavy atom. The highest BCUT2D eigenvalue weighted by molar-refractivity contribution is 6.31. The van der Waals surface area contributed by atoms with Crippen molar-refractivity contribution in [3.05, 3.63) is 33.6 Å². The smallest absolute Gasteiger partial charge is 0.290 e. The fourth-order valence-corrected chi connectivity index (χ4v) is 2.18. The van der Waals surface area contributed by atoms with Crippen LogP contribution in [0.5, 0.6) is 0 Å². The van der Waals surface area contributed by atoms with Crippen LogP contribution in [0.4, 0.5) is 0 Å². The zero-order valence-corrected chi connectivity index (χ0v) is 9.98. The Kier molecular flexibility index (Phi) is 1.83. The van der Waals surface area contributed by atoms with Crippen molar-refractivity contribution in [3.63, 3.8) is 0 Å². The number of aromatic nitrogens is 5. The molecule has 0 aromatic carbocycles. The van der Waals surface area contributed by atoms with Crippen LogP contribution >= 0.6 is 11.6 Å². The number of nitrogens with zero attached hydrogens (tertiary/aromatic N) is 4. The number of fused-ring (bicyclic) bond motifs is 3. The van der Waals surface area contributed by atoms with Gasteiger partial charge in [0, 0.05) is 12.1 Å². The summed E-state index contributed by atoms with van der Waals surface area (Å²) in [5.74, 6) is 1.12. The van der Waals surface area contributed by atoms with E-state index in [1.807, 2.05) is 0 Å². The van der Waals surface area contributed by atoms with Crippen LogP contribution in [-0.2, 0) is 0 Å². The molecule has 0 saturated heterocycles. The molecule has 0 aliphatic heterocycles. The Bertz CT molecular complexity index is 832. The van der Waals surface area contributed by atoms with Crippen LogP contribution in [0.25, 0.3) is 16.7 Å². The van der Waals surface area contributed by atoms with Crippen molar-refractivity contribution < 1.29 is 0 Å². The van der Waals surface area contributed by atoms with Gasteiger partial charge < -0.3 is 0 Å². The second-order valence-electron chi connectivity index (χ2n) is 4.46. The average molecular weight is 262 g/mol. The van der Waals surface area contributed by atoms with Gasteiger partial charge in [-0.15, -0.1) is 5.10 Å². The first-order valence-corrected chi connectivity index (χ1v) is 6.04. The third kappa shape index (κ3) is 1.35. The average Bonchev–Trinajstić information content (AvgIpc) is 3.10. The summed E-state index contributed by atoms with van der Waals surface area (Å²) < 4.78 is 1.29. The van der Waals surface area contributed by atoms with Crippen LogP contribution in [0.1, 0.15) is 24.6 Å². The number of halogens is 1. The molecule has 3 heterocycles. The summed E-state index contributed by atoms with van der Waals surface area (Å²) in [7, 11) is 0. The molecule has 0 atom stereocenters. The lowest BCUT2D eigenvalue weighted by molar-refractivity contribution is 0.832. The summed E-state index contributed by atoms with van der Waals surface area (Å²) in [4.78, 5) is 23.1. The maximum absolute atomic E-state index is 11.9. The SMILES string of the molecule is O=c1[nH]c2ncc(Cl)cc2c2nc(C3CC3)nn12. The molecule has 0 spiro atoms. The van der Waals surface area contributed by atoms with E-state index >= 15 is 0 Å². The second kappa shape index (κ2) is 3.29. The molecule has 3 aromatic rings. The van der Waals surface area contributed by atoms with E-state index in [1.165, 1.54) is 10.7 Å². The van der Waals surface area contributed by atoms with Gasteiger partial charge in [-0.05, 0) is 18.9 Å². The monoisotopic (exact) mass is 261 g/mol. The van der Waals surface area contributed by atoms with Gasteiger partial charge in [0.05, 0.1) is 10.4 Å². The summed E-state index contributed by atoms with van der Waals surface area (Å²) in [6.07, 6.45) is 3.67. The largest absolute Gasteiger partial charge is 0.349 e. The second-order valence-corrected chi connectivity index (χ2v) is 4.90. The molecule has 3 aromatic heterocycles. The van der Waals surface area contributed by atoms with E-state index in [4.69, 9.17) is 11.6 Å². The van der Waals surface area contributed by atoms with Gasteiger partial charge in [0.25, 0.3) is 0 Å². The first-order chi connectivity index (χ1) is 8.72. The van der Waals surface area contributed by atoms with E-state index in [-0.39, 0.29) is 5.69 Å². The summed E-state index contributed by atoms with van der Waals surface area (Å²) in [6.45, 7) is 0. The van der Waals surface area contributed by atoms with Crippen LogP contribution in [0.3, 0.4) is 0 Å². The van der Waals surface area contributed by atoms with Gasteiger partial charge in [0.1, 0.15) is 5.65 Å². The maximum Gasteiger partial charge on any atom is 0.349 e. The highest BCUT2D eigenvalue weighted by Crippen LogP contribution is 2.38. The number of aromatic amines is 1. The van der Waals surface area contributed by atoms with Crippen molar-refractivity contribution in [2.45, 2.75) is 18.8 Å². The molecular weight excluding hydrogens is 254 g/mol. The van der Waals surface area contributed by atoms with Crippen molar-refractivity contribution in [2.75, 3.05) is 0 Å². The number of hydrogen-bond acceptors (Lipinski definition) is 4. The molecular formula is C11H8ClN5O. The minimum absolute atomic E-state index is 0.327. The third-order valence-corrected chi connectivity index (χ3v) is 3.29. The minimum atomic E-state index is -0.327. The highest BCUT2D eigenvalue weighted by atomic mass is 35.5. The molecule has 0 bridgehead atoms. The first kappa shape index (κ1) is 10.0. The van der Waals surface area contributed by atoms with Crippen molar-refractivity contribution in [3.8, 4) is 0 Å². The Morgan fingerprint density at radius 2 is 2.28 bits per heavy atom. The molecule has 1 N–H and O–H groups in total. The van der Waals surface area contributed by atoms with Gasteiger partial charge in [0.15, 0.2) is 11.5 Å². The Labute approximate surface area is 106 Å². The van der Waals surface area contributed by atoms with Crippen LogP contribution in [0, 0.1) is 0 Å². The molecule has 18 heavy (non-hydrogen) atoms. The normalized spacial score (nSPS) is 15.6. The zero-order valence-electron chi connectivity index (χ0n) is 9.22. The Hall–Kier alpha value is -1.95. The molecule has 0 radical (unpaired) electrons. The lowest BCUT2D eigenvalue weighted by atomic mass is 10.3. The fourth-order valence-electron chi connectivity index (χ4n) is 2.02. The predicted octanol–water partition coefficient (Wildman–Crippen LogP) is 1.50. The fraction of sp³-hybridized carbons (Fsp3) is 0.273. The van der Waals surface area contributed by atoms with Gasteiger partial charge in [-0.2, -0.15) is 4.52 Å². The van der Waals surface area contributed by atoms with E-state index in [1.54, 1.807) is 6.07 Å². The standard InChI is InChI=1S/C11H8ClN5O/c12-6-3-7-9(13-4-6)15-11(18)17-10(7)14-8(16-17)5-1-2-5/h3-5H,1-2H2,(H,13,15,18). The first-order valence-electron chi connectivity index (χ1n) is 5.66. The van der Waals surface area contributed by atoms with Crippen LogP contribution < -0.4 is 5.69 Å². The van der Waals surface area contributed by atoms with Crippen LogP contribution in [0.15, 0.2) is 17.1 Å². The molecule has 1 aliphatic rings. The van der Waals surface area contributed by atoms with E-state index in [9.17, 15) is 4.79 Å². The van der Waals surface area contributed by atoms with Gasteiger partial charge in [-0.1, -0.05) is 11.6 Å². The van der Waals surface area contributed by atoms with Gasteiger partial charge in [-0.3, -0.25) is 4.98 Å². The van der Waals surface area contributed by atoms with Crippen molar-refractivity contribution in [1.82, 2.24) is 24.6 Å². The molecule has 0 amide bonds. The topological polar surface area (TPSA) is 75.9 Å². The zero-order chi connectivity index (χ0) is 12.3. The molecule has 1 aliphatic carbocycles. The highest BCUT2D eigenvalue weighted by Gasteiger charge is 2.28. The molecule has 7 heteroatoms. The summed E-state index contributed by atoms with van der Waals surface area (Å²) in [5, 5.41) is 5.46. The number of H-pyrrole nitrogens is 1. The third-order valence-electron chi connectivity index (χ3n) is 3.08. The van der Waals surface area contributed by atoms with Gasteiger partial charge >= 0.3 is 5.69 Å². The van der Waals surface area contributed by atoms with Gasteiger partial charge in [-0.25, -0.2) is 14.8 Å². The molecule has 6 nitrogen and oxygen atoms in total. The van der Waals surface area contributed by atoms with E-state index in [0.717, 1.165) is 18.7 Å². The summed E-state index contributed by atoms with van der Waals surface area (Å²) in [6, 6.07) is 1.74. The quantitative estimate of drug-likeness (QED) is 0.720. The Balaban J connectivity index is 2.17. The summed E-state index contributed by atoms with van der Waals surface area (Å²) >= 11 is 5.93. The van der Waals surface area contributed by atoms with Crippen molar-refractivity contribution in [1.29, 1.82) is 0 Å². The van der Waals surface area contributed by atoms with Crippen molar-refractivity contribution >= 4 is 28.3 Å². The number of pyridine rings is 1. The molecule has 1 saturated carbocycles. The molecule has 1 fully saturated rings. The maximum atomic E-state index is 11.9. The molecule has 0 unspecified atom stereocenters. The minimum Gasteiger partial charge on any atom is -0.290 e. The summed E-state index contributed by atoms with van der Waals surface area (Å²) in [5.41, 5.74) is 0.670. The van der Waals surface area contributed by atoms with E-state index < -0.39 is 0 Å².